The molecule has 0 fully saturated rings. The van der Waals surface area contributed by atoms with Gasteiger partial charge in [-0.3, -0.25) is 9.20 Å². The number of hydrogen-bond acceptors (Lipinski definition) is 5. The van der Waals surface area contributed by atoms with E-state index >= 15 is 0 Å². The fourth-order valence-corrected chi connectivity index (χ4v) is 2.71. The Labute approximate surface area is 158 Å². The largest absolute Gasteiger partial charge is 0.491 e. The second kappa shape index (κ2) is 8.20. The number of carbonyl (C=O) groups excluding carboxylic acids is 1. The summed E-state index contributed by atoms with van der Waals surface area (Å²) in [6.45, 7) is 4.81. The molecule has 0 aliphatic heterocycles. The normalized spacial score (nSPS) is 12.1. The topological polar surface area (TPSA) is 90.9 Å². The Morgan fingerprint density at radius 2 is 2.11 bits per heavy atom. The quantitative estimate of drug-likeness (QED) is 0.626. The summed E-state index contributed by atoms with van der Waals surface area (Å²) in [6.07, 6.45) is 3.32. The van der Waals surface area contributed by atoms with Gasteiger partial charge in [-0.2, -0.15) is 0 Å². The lowest BCUT2D eigenvalue weighted by molar-refractivity contribution is 0.102. The van der Waals surface area contributed by atoms with E-state index in [2.05, 4.69) is 10.3 Å². The van der Waals surface area contributed by atoms with E-state index in [1.165, 1.54) is 0 Å². The molecule has 142 valence electrons. The molecule has 3 rings (SSSR count). The van der Waals surface area contributed by atoms with Crippen LogP contribution >= 0.6 is 0 Å². The summed E-state index contributed by atoms with van der Waals surface area (Å²) < 4.78 is 12.3. The molecule has 7 nitrogen and oxygen atoms in total. The molecule has 0 aliphatic rings. The van der Waals surface area contributed by atoms with Gasteiger partial charge in [0.1, 0.15) is 23.7 Å². The van der Waals surface area contributed by atoms with Gasteiger partial charge < -0.3 is 20.5 Å². The Morgan fingerprint density at radius 1 is 1.30 bits per heavy atom. The first-order chi connectivity index (χ1) is 13.0. The highest BCUT2D eigenvalue weighted by Crippen LogP contribution is 2.22. The number of hydrogen-bond donors (Lipinski definition) is 2. The number of aromatic nitrogens is 2. The van der Waals surface area contributed by atoms with E-state index in [9.17, 15) is 4.79 Å². The van der Waals surface area contributed by atoms with Crippen molar-refractivity contribution in [2.24, 2.45) is 5.73 Å². The SMILES string of the molecule is COCCOc1ccn2c(C(=O)Nc3cc(C(C)N)ccc3C)cnc2c1. The molecule has 0 saturated carbocycles. The third-order valence-corrected chi connectivity index (χ3v) is 4.31. The van der Waals surface area contributed by atoms with Crippen molar-refractivity contribution in [3.8, 4) is 5.75 Å². The van der Waals surface area contributed by atoms with E-state index in [-0.39, 0.29) is 11.9 Å². The van der Waals surface area contributed by atoms with Crippen LogP contribution in [-0.4, -0.2) is 35.6 Å². The summed E-state index contributed by atoms with van der Waals surface area (Å²) in [7, 11) is 1.62. The number of rotatable bonds is 7. The second-order valence-electron chi connectivity index (χ2n) is 6.39. The summed E-state index contributed by atoms with van der Waals surface area (Å²) >= 11 is 0. The van der Waals surface area contributed by atoms with Gasteiger partial charge in [-0.05, 0) is 37.1 Å². The van der Waals surface area contributed by atoms with Crippen LogP contribution in [0.15, 0.2) is 42.7 Å². The van der Waals surface area contributed by atoms with Crippen molar-refractivity contribution in [3.05, 3.63) is 59.5 Å². The molecule has 0 saturated heterocycles. The van der Waals surface area contributed by atoms with Crippen LogP contribution in [0.3, 0.4) is 0 Å². The lowest BCUT2D eigenvalue weighted by Crippen LogP contribution is -2.16. The fraction of sp³-hybridized carbons (Fsp3) is 0.300. The van der Waals surface area contributed by atoms with Crippen LogP contribution in [-0.2, 0) is 4.74 Å². The lowest BCUT2D eigenvalue weighted by atomic mass is 10.1. The number of anilines is 1. The van der Waals surface area contributed by atoms with Crippen LogP contribution in [0.2, 0.25) is 0 Å². The molecule has 27 heavy (non-hydrogen) atoms. The number of pyridine rings is 1. The average molecular weight is 368 g/mol. The predicted molar refractivity (Wildman–Crippen MR) is 104 cm³/mol. The minimum absolute atomic E-state index is 0.103. The van der Waals surface area contributed by atoms with E-state index in [4.69, 9.17) is 15.2 Å². The molecular formula is C20H24N4O3. The molecule has 0 radical (unpaired) electrons. The van der Waals surface area contributed by atoms with Gasteiger partial charge in [0.05, 0.1) is 12.8 Å². The molecule has 2 heterocycles. The number of aryl methyl sites for hydroxylation is 1. The molecule has 3 aromatic rings. The highest BCUT2D eigenvalue weighted by molar-refractivity contribution is 6.04. The minimum atomic E-state index is -0.236. The molecule has 1 unspecified atom stereocenters. The molecule has 0 spiro atoms. The molecule has 0 bridgehead atoms. The zero-order chi connectivity index (χ0) is 19.4. The Kier molecular flexibility index (Phi) is 5.73. The van der Waals surface area contributed by atoms with E-state index in [0.29, 0.717) is 30.3 Å². The summed E-state index contributed by atoms with van der Waals surface area (Å²) in [4.78, 5) is 17.1. The molecule has 3 N–H and O–H groups in total. The Hall–Kier alpha value is -2.90. The summed E-state index contributed by atoms with van der Waals surface area (Å²) in [5.41, 5.74) is 9.70. The number of fused-ring (bicyclic) bond motifs is 1. The Bertz CT molecular complexity index is 950. The highest BCUT2D eigenvalue weighted by Gasteiger charge is 2.14. The van der Waals surface area contributed by atoms with E-state index in [1.54, 1.807) is 36.0 Å². The average Bonchev–Trinajstić information content (AvgIpc) is 3.07. The van der Waals surface area contributed by atoms with Gasteiger partial charge in [0.25, 0.3) is 5.91 Å². The van der Waals surface area contributed by atoms with Gasteiger partial charge in [-0.1, -0.05) is 12.1 Å². The van der Waals surface area contributed by atoms with Gasteiger partial charge in [0.2, 0.25) is 0 Å². The van der Waals surface area contributed by atoms with Gasteiger partial charge in [0.15, 0.2) is 0 Å². The van der Waals surface area contributed by atoms with Gasteiger partial charge in [-0.25, -0.2) is 4.98 Å². The van der Waals surface area contributed by atoms with Crippen molar-refractivity contribution < 1.29 is 14.3 Å². The number of amides is 1. The number of carbonyl (C=O) groups is 1. The van der Waals surface area contributed by atoms with Crippen molar-refractivity contribution >= 4 is 17.2 Å². The minimum Gasteiger partial charge on any atom is -0.491 e. The monoisotopic (exact) mass is 368 g/mol. The lowest BCUT2D eigenvalue weighted by Gasteiger charge is -2.12. The van der Waals surface area contributed by atoms with Crippen molar-refractivity contribution in [3.63, 3.8) is 0 Å². The van der Waals surface area contributed by atoms with Crippen LogP contribution in [0, 0.1) is 6.92 Å². The van der Waals surface area contributed by atoms with Crippen molar-refractivity contribution in [2.45, 2.75) is 19.9 Å². The maximum Gasteiger partial charge on any atom is 0.274 e. The maximum atomic E-state index is 12.8. The number of benzene rings is 1. The Balaban J connectivity index is 1.81. The summed E-state index contributed by atoms with van der Waals surface area (Å²) in [5, 5.41) is 2.95. The van der Waals surface area contributed by atoms with Crippen LogP contribution in [0.5, 0.6) is 5.75 Å². The van der Waals surface area contributed by atoms with Crippen molar-refractivity contribution in [1.29, 1.82) is 0 Å². The molecule has 0 aliphatic carbocycles. The number of nitrogens with one attached hydrogen (secondary N) is 1. The second-order valence-corrected chi connectivity index (χ2v) is 6.39. The molecule has 1 amide bonds. The zero-order valence-corrected chi connectivity index (χ0v) is 15.7. The van der Waals surface area contributed by atoms with Gasteiger partial charge in [-0.15, -0.1) is 0 Å². The summed E-state index contributed by atoms with van der Waals surface area (Å²) in [6, 6.07) is 9.30. The predicted octanol–water partition coefficient (Wildman–Crippen LogP) is 2.94. The van der Waals surface area contributed by atoms with Crippen LogP contribution in [0.25, 0.3) is 5.65 Å². The van der Waals surface area contributed by atoms with Gasteiger partial charge in [0, 0.05) is 31.1 Å². The van der Waals surface area contributed by atoms with E-state index in [1.807, 2.05) is 32.0 Å². The maximum absolute atomic E-state index is 12.8. The third-order valence-electron chi connectivity index (χ3n) is 4.31. The van der Waals surface area contributed by atoms with Crippen molar-refractivity contribution in [1.82, 2.24) is 9.38 Å². The molecular weight excluding hydrogens is 344 g/mol. The van der Waals surface area contributed by atoms with Crippen molar-refractivity contribution in [2.75, 3.05) is 25.6 Å². The smallest absolute Gasteiger partial charge is 0.274 e. The van der Waals surface area contributed by atoms with Crippen LogP contribution in [0.1, 0.15) is 34.6 Å². The summed E-state index contributed by atoms with van der Waals surface area (Å²) in [5.74, 6) is 0.443. The Morgan fingerprint density at radius 3 is 2.85 bits per heavy atom. The van der Waals surface area contributed by atoms with Gasteiger partial charge >= 0.3 is 0 Å². The molecule has 1 atom stereocenters. The zero-order valence-electron chi connectivity index (χ0n) is 15.7. The van der Waals surface area contributed by atoms with Crippen LogP contribution in [0.4, 0.5) is 5.69 Å². The number of nitrogens with zero attached hydrogens (tertiary/aromatic N) is 2. The standard InChI is InChI=1S/C20H24N4O3/c1-13-4-5-15(14(2)21)10-17(13)23-20(25)18-12-22-19-11-16(6-7-24(18)19)27-9-8-26-3/h4-7,10-12,14H,8-9,21H2,1-3H3,(H,23,25). The first-order valence-electron chi connectivity index (χ1n) is 8.76. The number of ether oxygens (including phenoxy) is 2. The van der Waals surface area contributed by atoms with E-state index in [0.717, 1.165) is 16.8 Å². The number of imidazole rings is 1. The first-order valence-corrected chi connectivity index (χ1v) is 8.76. The van der Waals surface area contributed by atoms with Crippen LogP contribution < -0.4 is 15.8 Å². The number of nitrogens with two attached hydrogens (primary N) is 1. The first kappa shape index (κ1) is 18.9. The highest BCUT2D eigenvalue weighted by atomic mass is 16.5. The number of methoxy groups -OCH3 is 1. The molecule has 2 aromatic heterocycles. The molecule has 1 aromatic carbocycles. The van der Waals surface area contributed by atoms with E-state index < -0.39 is 0 Å². The molecule has 7 heteroatoms. The fourth-order valence-electron chi connectivity index (χ4n) is 2.71. The third kappa shape index (κ3) is 4.27.